The molecule has 3 nitrogen and oxygen atoms in total. The van der Waals surface area contributed by atoms with E-state index >= 15 is 0 Å². The first-order valence-corrected chi connectivity index (χ1v) is 6.60. The van der Waals surface area contributed by atoms with Crippen LogP contribution in [0, 0.1) is 5.92 Å². The quantitative estimate of drug-likeness (QED) is 0.767. The van der Waals surface area contributed by atoms with E-state index in [2.05, 4.69) is 12.2 Å². The van der Waals surface area contributed by atoms with Gasteiger partial charge in [0, 0.05) is 23.3 Å². The van der Waals surface area contributed by atoms with Crippen molar-refractivity contribution in [2.75, 3.05) is 12.3 Å². The molecule has 1 aliphatic rings. The highest BCUT2D eigenvalue weighted by atomic mass is 32.2. The van der Waals surface area contributed by atoms with Crippen LogP contribution in [-0.4, -0.2) is 29.0 Å². The van der Waals surface area contributed by atoms with Crippen LogP contribution in [0.2, 0.25) is 0 Å². The summed E-state index contributed by atoms with van der Waals surface area (Å²) in [6.07, 6.45) is 2.46. The van der Waals surface area contributed by atoms with E-state index in [-0.39, 0.29) is 22.6 Å². The van der Waals surface area contributed by atoms with E-state index in [1.807, 2.05) is 25.6 Å². The molecule has 1 aliphatic heterocycles. The van der Waals surface area contributed by atoms with E-state index in [9.17, 15) is 4.79 Å². The van der Waals surface area contributed by atoms with Gasteiger partial charge in [0.15, 0.2) is 0 Å². The molecule has 0 aliphatic carbocycles. The minimum absolute atomic E-state index is 0.0750. The van der Waals surface area contributed by atoms with Crippen LogP contribution >= 0.6 is 11.8 Å². The largest absolute Gasteiger partial charge is 0.354 e. The Hall–Kier alpha value is -0.220. The summed E-state index contributed by atoms with van der Waals surface area (Å²) in [5, 5.41) is 3.01. The van der Waals surface area contributed by atoms with Crippen LogP contribution < -0.4 is 11.1 Å². The summed E-state index contributed by atoms with van der Waals surface area (Å²) in [6, 6.07) is -0.0750. The van der Waals surface area contributed by atoms with Crippen LogP contribution in [0.3, 0.4) is 0 Å². The number of nitrogens with one attached hydrogen (secondary N) is 1. The van der Waals surface area contributed by atoms with Crippen molar-refractivity contribution < 1.29 is 4.79 Å². The second-order valence-electron chi connectivity index (χ2n) is 4.77. The van der Waals surface area contributed by atoms with Crippen LogP contribution in [0.5, 0.6) is 0 Å². The molecule has 1 fully saturated rings. The molecule has 88 valence electrons. The maximum atomic E-state index is 11.7. The summed E-state index contributed by atoms with van der Waals surface area (Å²) in [4.78, 5) is 11.7. The highest BCUT2D eigenvalue weighted by Gasteiger charge is 2.30. The Morgan fingerprint density at radius 1 is 1.60 bits per heavy atom. The van der Waals surface area contributed by atoms with Gasteiger partial charge in [-0.05, 0) is 32.4 Å². The Morgan fingerprint density at radius 2 is 2.27 bits per heavy atom. The average molecular weight is 230 g/mol. The lowest BCUT2D eigenvalue weighted by Gasteiger charge is -2.24. The molecule has 0 aromatic heterocycles. The van der Waals surface area contributed by atoms with E-state index in [1.165, 1.54) is 18.6 Å². The molecular formula is C11H22N2OS. The van der Waals surface area contributed by atoms with Gasteiger partial charge in [0.2, 0.25) is 5.91 Å². The SMILES string of the molecule is CC(N)C(C)C(=O)NCC1(C)CCCS1. The van der Waals surface area contributed by atoms with Gasteiger partial charge in [-0.3, -0.25) is 4.79 Å². The summed E-state index contributed by atoms with van der Waals surface area (Å²) >= 11 is 1.96. The summed E-state index contributed by atoms with van der Waals surface area (Å²) in [7, 11) is 0. The van der Waals surface area contributed by atoms with Crippen molar-refractivity contribution in [3.05, 3.63) is 0 Å². The monoisotopic (exact) mass is 230 g/mol. The van der Waals surface area contributed by atoms with Crippen molar-refractivity contribution in [1.82, 2.24) is 5.32 Å². The lowest BCUT2D eigenvalue weighted by Crippen LogP contribution is -2.43. The first-order chi connectivity index (χ1) is 6.94. The molecule has 3 atom stereocenters. The molecule has 15 heavy (non-hydrogen) atoms. The minimum atomic E-state index is -0.0972. The lowest BCUT2D eigenvalue weighted by atomic mass is 10.0. The zero-order valence-corrected chi connectivity index (χ0v) is 10.7. The lowest BCUT2D eigenvalue weighted by molar-refractivity contribution is -0.125. The normalized spacial score (nSPS) is 29.9. The summed E-state index contributed by atoms with van der Waals surface area (Å²) < 4.78 is 0.243. The van der Waals surface area contributed by atoms with E-state index in [1.54, 1.807) is 0 Å². The first kappa shape index (κ1) is 12.8. The molecule has 1 amide bonds. The fourth-order valence-electron chi connectivity index (χ4n) is 1.65. The maximum Gasteiger partial charge on any atom is 0.224 e. The fourth-order valence-corrected chi connectivity index (χ4v) is 2.89. The Kier molecular flexibility index (Phi) is 4.46. The Balaban J connectivity index is 2.33. The second kappa shape index (κ2) is 5.21. The number of carbonyl (C=O) groups is 1. The van der Waals surface area contributed by atoms with Crippen molar-refractivity contribution in [1.29, 1.82) is 0 Å². The third-order valence-electron chi connectivity index (χ3n) is 3.14. The number of thioether (sulfide) groups is 1. The first-order valence-electron chi connectivity index (χ1n) is 5.62. The highest BCUT2D eigenvalue weighted by molar-refractivity contribution is 8.00. The molecule has 4 heteroatoms. The molecule has 1 rings (SSSR count). The van der Waals surface area contributed by atoms with Gasteiger partial charge >= 0.3 is 0 Å². The van der Waals surface area contributed by atoms with Gasteiger partial charge < -0.3 is 11.1 Å². The zero-order chi connectivity index (χ0) is 11.5. The van der Waals surface area contributed by atoms with Gasteiger partial charge in [0.05, 0.1) is 0 Å². The maximum absolute atomic E-state index is 11.7. The number of nitrogens with two attached hydrogens (primary N) is 1. The van der Waals surface area contributed by atoms with Gasteiger partial charge in [-0.15, -0.1) is 0 Å². The van der Waals surface area contributed by atoms with Crippen LogP contribution in [0.25, 0.3) is 0 Å². The summed E-state index contributed by atoms with van der Waals surface area (Å²) in [5.74, 6) is 1.20. The molecule has 3 N–H and O–H groups in total. The predicted molar refractivity (Wildman–Crippen MR) is 65.9 cm³/mol. The van der Waals surface area contributed by atoms with Crippen LogP contribution in [0.1, 0.15) is 33.6 Å². The molecular weight excluding hydrogens is 208 g/mol. The van der Waals surface area contributed by atoms with Gasteiger partial charge in [0.25, 0.3) is 0 Å². The molecule has 0 aromatic rings. The summed E-state index contributed by atoms with van der Waals surface area (Å²) in [6.45, 7) is 6.75. The molecule has 1 heterocycles. The van der Waals surface area contributed by atoms with Crippen LogP contribution in [0.15, 0.2) is 0 Å². The molecule has 0 bridgehead atoms. The predicted octanol–water partition coefficient (Wildman–Crippen LogP) is 1.37. The third kappa shape index (κ3) is 3.68. The Bertz CT molecular complexity index is 225. The van der Waals surface area contributed by atoms with Crippen molar-refractivity contribution in [3.63, 3.8) is 0 Å². The molecule has 0 radical (unpaired) electrons. The standard InChI is InChI=1S/C11H22N2OS/c1-8(9(2)12)10(14)13-7-11(3)5-4-6-15-11/h8-9H,4-7,12H2,1-3H3,(H,13,14). The highest BCUT2D eigenvalue weighted by Crippen LogP contribution is 2.36. The topological polar surface area (TPSA) is 55.1 Å². The molecule has 3 unspecified atom stereocenters. The fraction of sp³-hybridized carbons (Fsp3) is 0.909. The van der Waals surface area contributed by atoms with Crippen molar-refractivity contribution in [3.8, 4) is 0 Å². The van der Waals surface area contributed by atoms with Gasteiger partial charge in [-0.2, -0.15) is 11.8 Å². The Morgan fingerprint density at radius 3 is 2.73 bits per heavy atom. The Labute approximate surface area is 96.6 Å². The van der Waals surface area contributed by atoms with Gasteiger partial charge in [-0.25, -0.2) is 0 Å². The smallest absolute Gasteiger partial charge is 0.224 e. The van der Waals surface area contributed by atoms with E-state index in [0.717, 1.165) is 6.54 Å². The van der Waals surface area contributed by atoms with Crippen LogP contribution in [0.4, 0.5) is 0 Å². The van der Waals surface area contributed by atoms with Crippen LogP contribution in [-0.2, 0) is 4.79 Å². The number of hydrogen-bond donors (Lipinski definition) is 2. The summed E-state index contributed by atoms with van der Waals surface area (Å²) in [5.41, 5.74) is 5.69. The number of carbonyl (C=O) groups excluding carboxylic acids is 1. The van der Waals surface area contributed by atoms with Gasteiger partial charge in [-0.1, -0.05) is 6.92 Å². The number of hydrogen-bond acceptors (Lipinski definition) is 3. The minimum Gasteiger partial charge on any atom is -0.354 e. The van der Waals surface area contributed by atoms with Crippen molar-refractivity contribution in [2.45, 2.75) is 44.4 Å². The average Bonchev–Trinajstić information content (AvgIpc) is 2.61. The zero-order valence-electron chi connectivity index (χ0n) is 9.88. The second-order valence-corrected chi connectivity index (χ2v) is 6.45. The van der Waals surface area contributed by atoms with E-state index < -0.39 is 0 Å². The number of amides is 1. The van der Waals surface area contributed by atoms with E-state index in [0.29, 0.717) is 0 Å². The number of rotatable bonds is 4. The molecule has 0 saturated carbocycles. The molecule has 0 spiro atoms. The molecule has 1 saturated heterocycles. The van der Waals surface area contributed by atoms with E-state index in [4.69, 9.17) is 5.73 Å². The van der Waals surface area contributed by atoms with Gasteiger partial charge in [0.1, 0.15) is 0 Å². The van der Waals surface area contributed by atoms with Crippen molar-refractivity contribution in [2.24, 2.45) is 11.7 Å². The van der Waals surface area contributed by atoms with Crippen molar-refractivity contribution >= 4 is 17.7 Å². The third-order valence-corrected chi connectivity index (χ3v) is 4.68. The molecule has 0 aromatic carbocycles.